The first kappa shape index (κ1) is 14.9. The summed E-state index contributed by atoms with van der Waals surface area (Å²) in [6, 6.07) is 9.68. The standard InChI is InChI=1S/C16H15BrN4O/c1-16(2)7-10-11(8-18)15(19)21(20-13(10)9-22-16)14-6-4-3-5-12(14)17/h3-6,19H,7,9H2,1-2H3. The molecule has 1 aliphatic rings. The highest BCUT2D eigenvalue weighted by molar-refractivity contribution is 9.10. The fraction of sp³-hybridized carbons (Fsp3) is 0.312. The van der Waals surface area contributed by atoms with Crippen molar-refractivity contribution in [3.8, 4) is 11.8 Å². The van der Waals surface area contributed by atoms with E-state index in [1.165, 1.54) is 4.68 Å². The molecule has 0 unspecified atom stereocenters. The van der Waals surface area contributed by atoms with E-state index in [2.05, 4.69) is 27.1 Å². The van der Waals surface area contributed by atoms with Crippen LogP contribution in [0.1, 0.15) is 30.7 Å². The minimum absolute atomic E-state index is 0.103. The number of halogens is 1. The van der Waals surface area contributed by atoms with Crippen LogP contribution in [0.4, 0.5) is 0 Å². The molecule has 0 radical (unpaired) electrons. The number of hydrogen-bond donors (Lipinski definition) is 1. The van der Waals surface area contributed by atoms with E-state index in [9.17, 15) is 5.26 Å². The van der Waals surface area contributed by atoms with Crippen LogP contribution in [-0.4, -0.2) is 15.4 Å². The number of nitrogens with zero attached hydrogens (tertiary/aromatic N) is 3. The number of para-hydroxylation sites is 1. The molecule has 22 heavy (non-hydrogen) atoms. The van der Waals surface area contributed by atoms with Crippen LogP contribution in [0.5, 0.6) is 0 Å². The summed E-state index contributed by atoms with van der Waals surface area (Å²) >= 11 is 3.47. The highest BCUT2D eigenvalue weighted by Gasteiger charge is 2.30. The minimum atomic E-state index is -0.341. The molecule has 1 aliphatic heterocycles. The largest absolute Gasteiger partial charge is 0.369 e. The Morgan fingerprint density at radius 1 is 1.41 bits per heavy atom. The van der Waals surface area contributed by atoms with Gasteiger partial charge in [0, 0.05) is 16.5 Å². The van der Waals surface area contributed by atoms with Crippen LogP contribution in [0.25, 0.3) is 5.69 Å². The quantitative estimate of drug-likeness (QED) is 0.851. The van der Waals surface area contributed by atoms with E-state index in [-0.39, 0.29) is 11.1 Å². The molecule has 1 aromatic carbocycles. The topological polar surface area (TPSA) is 74.7 Å². The van der Waals surface area contributed by atoms with E-state index in [0.717, 1.165) is 21.4 Å². The Bertz CT molecular complexity index is 848. The van der Waals surface area contributed by atoms with Crippen LogP contribution >= 0.6 is 15.9 Å². The zero-order valence-corrected chi connectivity index (χ0v) is 13.9. The van der Waals surface area contributed by atoms with Gasteiger partial charge in [-0.2, -0.15) is 10.4 Å². The second-order valence-corrected chi connectivity index (χ2v) is 6.70. The van der Waals surface area contributed by atoms with Gasteiger partial charge in [-0.1, -0.05) is 12.1 Å². The van der Waals surface area contributed by atoms with E-state index >= 15 is 0 Å². The average molecular weight is 359 g/mol. The van der Waals surface area contributed by atoms with Crippen LogP contribution in [0.15, 0.2) is 28.7 Å². The van der Waals surface area contributed by atoms with Gasteiger partial charge in [0.15, 0.2) is 5.49 Å². The van der Waals surface area contributed by atoms with E-state index < -0.39 is 0 Å². The average Bonchev–Trinajstić information content (AvgIpc) is 2.47. The van der Waals surface area contributed by atoms with Crippen LogP contribution in [0, 0.1) is 16.7 Å². The lowest BCUT2D eigenvalue weighted by atomic mass is 9.92. The van der Waals surface area contributed by atoms with Gasteiger partial charge in [-0.05, 0) is 41.9 Å². The maximum Gasteiger partial charge on any atom is 0.165 e. The van der Waals surface area contributed by atoms with Crippen molar-refractivity contribution >= 4 is 15.9 Å². The number of hydrogen-bond acceptors (Lipinski definition) is 4. The molecule has 0 aliphatic carbocycles. The van der Waals surface area contributed by atoms with Crippen molar-refractivity contribution in [2.45, 2.75) is 32.5 Å². The van der Waals surface area contributed by atoms with E-state index in [1.54, 1.807) is 0 Å². The molecule has 0 atom stereocenters. The SMILES string of the molecule is CC1(C)Cc2c(nn(-c3ccccc3Br)c(=N)c2C#N)CO1. The maximum atomic E-state index is 9.52. The normalized spacial score (nSPS) is 15.9. The van der Waals surface area contributed by atoms with Crippen molar-refractivity contribution in [3.63, 3.8) is 0 Å². The Hall–Kier alpha value is -1.97. The van der Waals surface area contributed by atoms with Crippen molar-refractivity contribution in [1.82, 2.24) is 9.78 Å². The molecule has 0 spiro atoms. The Morgan fingerprint density at radius 3 is 2.82 bits per heavy atom. The predicted octanol–water partition coefficient (Wildman–Crippen LogP) is 2.84. The molecular weight excluding hydrogens is 344 g/mol. The molecule has 0 amide bonds. The summed E-state index contributed by atoms with van der Waals surface area (Å²) in [5.41, 5.74) is 2.42. The summed E-state index contributed by atoms with van der Waals surface area (Å²) in [7, 11) is 0. The monoisotopic (exact) mass is 358 g/mol. The minimum Gasteiger partial charge on any atom is -0.369 e. The summed E-state index contributed by atoms with van der Waals surface area (Å²) < 4.78 is 8.10. The molecule has 1 N–H and O–H groups in total. The number of benzene rings is 1. The fourth-order valence-electron chi connectivity index (χ4n) is 2.59. The van der Waals surface area contributed by atoms with Crippen molar-refractivity contribution in [3.05, 3.63) is 51.0 Å². The molecule has 0 saturated heterocycles. The molecule has 2 heterocycles. The fourth-order valence-corrected chi connectivity index (χ4v) is 3.04. The van der Waals surface area contributed by atoms with Crippen molar-refractivity contribution in [1.29, 1.82) is 10.7 Å². The molecule has 6 heteroatoms. The molecule has 3 rings (SSSR count). The zero-order valence-electron chi connectivity index (χ0n) is 12.4. The Balaban J connectivity index is 2.27. The molecule has 5 nitrogen and oxygen atoms in total. The van der Waals surface area contributed by atoms with Gasteiger partial charge in [0.25, 0.3) is 0 Å². The third-order valence-electron chi connectivity index (χ3n) is 3.71. The van der Waals surface area contributed by atoms with Crippen molar-refractivity contribution in [2.24, 2.45) is 0 Å². The van der Waals surface area contributed by atoms with Gasteiger partial charge in [-0.25, -0.2) is 4.68 Å². The highest BCUT2D eigenvalue weighted by Crippen LogP contribution is 2.28. The van der Waals surface area contributed by atoms with E-state index in [4.69, 9.17) is 10.1 Å². The smallest absolute Gasteiger partial charge is 0.165 e. The predicted molar refractivity (Wildman–Crippen MR) is 84.4 cm³/mol. The molecule has 2 aromatic rings. The second kappa shape index (κ2) is 5.34. The van der Waals surface area contributed by atoms with Crippen LogP contribution in [0.2, 0.25) is 0 Å². The lowest BCUT2D eigenvalue weighted by Crippen LogP contribution is -2.37. The van der Waals surface area contributed by atoms with Gasteiger partial charge in [0.05, 0.1) is 23.6 Å². The van der Waals surface area contributed by atoms with Crippen molar-refractivity contribution < 1.29 is 4.74 Å². The third kappa shape index (κ3) is 2.47. The maximum absolute atomic E-state index is 9.52. The van der Waals surface area contributed by atoms with E-state index in [0.29, 0.717) is 18.6 Å². The first-order valence-electron chi connectivity index (χ1n) is 6.91. The number of nitriles is 1. The van der Waals surface area contributed by atoms with Gasteiger partial charge in [0.2, 0.25) is 0 Å². The Labute approximate surface area is 136 Å². The lowest BCUT2D eigenvalue weighted by Gasteiger charge is -2.32. The molecule has 0 fully saturated rings. The summed E-state index contributed by atoms with van der Waals surface area (Å²) in [5, 5.41) is 22.4. The molecule has 0 bridgehead atoms. The van der Waals surface area contributed by atoms with Gasteiger partial charge >= 0.3 is 0 Å². The first-order chi connectivity index (χ1) is 10.4. The Kier molecular flexibility index (Phi) is 3.63. The number of aromatic nitrogens is 2. The van der Waals surface area contributed by atoms with E-state index in [1.807, 2.05) is 38.1 Å². The summed E-state index contributed by atoms with van der Waals surface area (Å²) in [4.78, 5) is 0. The zero-order chi connectivity index (χ0) is 15.9. The first-order valence-corrected chi connectivity index (χ1v) is 7.71. The molecular formula is C16H15BrN4O. The van der Waals surface area contributed by atoms with Gasteiger partial charge in [0.1, 0.15) is 11.6 Å². The second-order valence-electron chi connectivity index (χ2n) is 5.85. The molecule has 1 aromatic heterocycles. The van der Waals surface area contributed by atoms with Gasteiger partial charge in [-0.3, -0.25) is 5.41 Å². The third-order valence-corrected chi connectivity index (χ3v) is 4.38. The van der Waals surface area contributed by atoms with Crippen molar-refractivity contribution in [2.75, 3.05) is 0 Å². The molecule has 112 valence electrons. The summed E-state index contributed by atoms with van der Waals surface area (Å²) in [6.07, 6.45) is 0.584. The highest BCUT2D eigenvalue weighted by atomic mass is 79.9. The van der Waals surface area contributed by atoms with Gasteiger partial charge < -0.3 is 4.74 Å². The number of nitrogens with one attached hydrogen (secondary N) is 1. The van der Waals surface area contributed by atoms with Gasteiger partial charge in [-0.15, -0.1) is 0 Å². The lowest BCUT2D eigenvalue weighted by molar-refractivity contribution is -0.0428. The summed E-state index contributed by atoms with van der Waals surface area (Å²) in [6.45, 7) is 4.31. The molecule has 0 saturated carbocycles. The van der Waals surface area contributed by atoms with Crippen LogP contribution in [-0.2, 0) is 17.8 Å². The number of fused-ring (bicyclic) bond motifs is 1. The van der Waals surface area contributed by atoms with Crippen LogP contribution < -0.4 is 5.49 Å². The number of ether oxygens (including phenoxy) is 1. The summed E-state index contributed by atoms with van der Waals surface area (Å²) in [5.74, 6) is 0. The number of rotatable bonds is 1. The van der Waals surface area contributed by atoms with Crippen LogP contribution in [0.3, 0.4) is 0 Å². The Morgan fingerprint density at radius 2 is 2.14 bits per heavy atom.